The van der Waals surface area contributed by atoms with Crippen LogP contribution in [0.15, 0.2) is 42.6 Å². The fourth-order valence-corrected chi connectivity index (χ4v) is 4.93. The highest BCUT2D eigenvalue weighted by molar-refractivity contribution is 7.52. The highest BCUT2D eigenvalue weighted by atomic mass is 31.2. The zero-order valence-corrected chi connectivity index (χ0v) is 21.5. The number of urea groups is 1. The molecule has 11 nitrogen and oxygen atoms in total. The van der Waals surface area contributed by atoms with Gasteiger partial charge in [0, 0.05) is 19.2 Å². The van der Waals surface area contributed by atoms with Gasteiger partial charge in [-0.25, -0.2) is 9.36 Å². The Bertz CT molecular complexity index is 927. The molecule has 2 rings (SSSR count). The number of nitrogens with one attached hydrogen (secondary N) is 2. The topological polar surface area (TPSA) is 132 Å². The van der Waals surface area contributed by atoms with Crippen LogP contribution in [-0.4, -0.2) is 61.3 Å². The Morgan fingerprint density at radius 1 is 1.26 bits per heavy atom. The van der Waals surface area contributed by atoms with Crippen molar-refractivity contribution in [2.75, 3.05) is 13.7 Å². The number of amides is 2. The van der Waals surface area contributed by atoms with Crippen molar-refractivity contribution in [2.24, 2.45) is 5.92 Å². The number of rotatable bonds is 12. The first-order valence-electron chi connectivity index (χ1n) is 11.3. The van der Waals surface area contributed by atoms with Crippen LogP contribution in [0.25, 0.3) is 0 Å². The minimum atomic E-state index is -4.04. The zero-order valence-electron chi connectivity index (χ0n) is 20.6. The number of hydrogen-bond donors (Lipinski definition) is 2. The lowest BCUT2D eigenvalue weighted by molar-refractivity contribution is -0.149. The minimum Gasteiger partial charge on any atom is -0.462 e. The minimum absolute atomic E-state index is 0.112. The van der Waals surface area contributed by atoms with Gasteiger partial charge in [-0.05, 0) is 45.4 Å². The molecule has 0 aromatic heterocycles. The molecule has 0 saturated carbocycles. The molecule has 0 bridgehead atoms. The van der Waals surface area contributed by atoms with Crippen molar-refractivity contribution in [3.63, 3.8) is 0 Å². The van der Waals surface area contributed by atoms with Gasteiger partial charge in [0.2, 0.25) is 0 Å². The SMILES string of the molecule is CNC(=O)N(/C=C\C=O)C1OC(COP(=O)(NC(C)C(=O)OC(C)C)Oc2ccccc2)CC1C. The predicted octanol–water partition coefficient (Wildman–Crippen LogP) is 3.22. The summed E-state index contributed by atoms with van der Waals surface area (Å²) >= 11 is 0. The number of nitrogens with zero attached hydrogens (tertiary/aromatic N) is 1. The van der Waals surface area contributed by atoms with E-state index in [2.05, 4.69) is 10.4 Å². The van der Waals surface area contributed by atoms with E-state index in [0.29, 0.717) is 12.7 Å². The van der Waals surface area contributed by atoms with Gasteiger partial charge in [-0.3, -0.25) is 19.0 Å². The summed E-state index contributed by atoms with van der Waals surface area (Å²) in [6, 6.07) is 7.00. The van der Waals surface area contributed by atoms with Gasteiger partial charge in [-0.1, -0.05) is 25.1 Å². The third-order valence-electron chi connectivity index (χ3n) is 4.96. The first kappa shape index (κ1) is 28.5. The molecule has 1 aromatic carbocycles. The van der Waals surface area contributed by atoms with Crippen LogP contribution in [0.5, 0.6) is 5.75 Å². The monoisotopic (exact) mass is 511 g/mol. The average molecular weight is 512 g/mol. The molecule has 1 saturated heterocycles. The second-order valence-corrected chi connectivity index (χ2v) is 10.0. The molecule has 5 atom stereocenters. The van der Waals surface area contributed by atoms with Crippen LogP contribution >= 0.6 is 7.75 Å². The number of esters is 1. The van der Waals surface area contributed by atoms with Gasteiger partial charge >= 0.3 is 19.7 Å². The highest BCUT2D eigenvalue weighted by Gasteiger charge is 2.40. The van der Waals surface area contributed by atoms with Crippen LogP contribution in [-0.2, 0) is 28.2 Å². The van der Waals surface area contributed by atoms with Gasteiger partial charge < -0.3 is 19.3 Å². The molecule has 1 fully saturated rings. The standard InChI is InChI=1S/C23H34N3O8P/c1-16(2)32-22(28)18(4)25-35(30,34-19-10-7-6-8-11-19)31-15-20-14-17(3)21(33-20)26(12-9-13-27)23(29)24-5/h6-13,16-18,20-21H,14-15H2,1-5H3,(H,24,29)(H,25,30)/b12-9-. The van der Waals surface area contributed by atoms with Crippen LogP contribution < -0.4 is 14.9 Å². The number of para-hydroxylation sites is 1. The van der Waals surface area contributed by atoms with Crippen LogP contribution in [0.2, 0.25) is 0 Å². The molecule has 35 heavy (non-hydrogen) atoms. The van der Waals surface area contributed by atoms with Gasteiger partial charge in [-0.2, -0.15) is 5.09 Å². The molecule has 0 radical (unpaired) electrons. The molecule has 2 amide bonds. The fourth-order valence-electron chi connectivity index (χ4n) is 3.41. The van der Waals surface area contributed by atoms with E-state index in [9.17, 15) is 18.9 Å². The molecule has 1 heterocycles. The second-order valence-electron chi connectivity index (χ2n) is 8.34. The number of carbonyl (C=O) groups is 3. The summed E-state index contributed by atoms with van der Waals surface area (Å²) in [6.45, 7) is 6.67. The summed E-state index contributed by atoms with van der Waals surface area (Å²) in [5.74, 6) is -0.426. The maximum absolute atomic E-state index is 13.6. The van der Waals surface area contributed by atoms with E-state index >= 15 is 0 Å². The summed E-state index contributed by atoms with van der Waals surface area (Å²) in [4.78, 5) is 36.6. The Balaban J connectivity index is 2.13. The van der Waals surface area contributed by atoms with Crippen LogP contribution in [0, 0.1) is 5.92 Å². The lowest BCUT2D eigenvalue weighted by Crippen LogP contribution is -2.44. The summed E-state index contributed by atoms with van der Waals surface area (Å²) in [6.07, 6.45) is 2.04. The lowest BCUT2D eigenvalue weighted by atomic mass is 10.1. The molecule has 0 spiro atoms. The molecule has 5 unspecified atom stereocenters. The van der Waals surface area contributed by atoms with E-state index in [-0.39, 0.29) is 24.4 Å². The van der Waals surface area contributed by atoms with E-state index in [0.717, 1.165) is 0 Å². The number of ether oxygens (including phenoxy) is 2. The Hall–Kier alpha value is -2.72. The Labute approximate surface area is 205 Å². The number of aldehydes is 1. The molecule has 1 aromatic rings. The highest BCUT2D eigenvalue weighted by Crippen LogP contribution is 2.46. The normalized spacial score (nSPS) is 22.4. The van der Waals surface area contributed by atoms with Crippen molar-refractivity contribution in [3.05, 3.63) is 42.6 Å². The van der Waals surface area contributed by atoms with Gasteiger partial charge in [0.05, 0.1) is 18.8 Å². The maximum Gasteiger partial charge on any atom is 0.459 e. The Morgan fingerprint density at radius 3 is 2.54 bits per heavy atom. The van der Waals surface area contributed by atoms with E-state index in [1.165, 1.54) is 31.1 Å². The van der Waals surface area contributed by atoms with E-state index in [1.807, 2.05) is 6.92 Å². The van der Waals surface area contributed by atoms with Gasteiger partial charge in [0.15, 0.2) is 0 Å². The zero-order chi connectivity index (χ0) is 26.0. The van der Waals surface area contributed by atoms with Crippen LogP contribution in [0.3, 0.4) is 0 Å². The molecular weight excluding hydrogens is 477 g/mol. The number of carbonyl (C=O) groups excluding carboxylic acids is 3. The van der Waals surface area contributed by atoms with Crippen molar-refractivity contribution >= 4 is 26.0 Å². The third-order valence-corrected chi connectivity index (χ3v) is 6.60. The molecule has 1 aliphatic heterocycles. The lowest BCUT2D eigenvalue weighted by Gasteiger charge is -2.28. The Kier molecular flexibility index (Phi) is 10.9. The number of hydrogen-bond acceptors (Lipinski definition) is 8. The van der Waals surface area contributed by atoms with Crippen molar-refractivity contribution in [3.8, 4) is 5.75 Å². The predicted molar refractivity (Wildman–Crippen MR) is 128 cm³/mol. The van der Waals surface area contributed by atoms with Crippen molar-refractivity contribution < 1.29 is 37.5 Å². The second kappa shape index (κ2) is 13.4. The van der Waals surface area contributed by atoms with Crippen LogP contribution in [0.4, 0.5) is 4.79 Å². The molecular formula is C23H34N3O8P. The van der Waals surface area contributed by atoms with E-state index in [1.54, 1.807) is 44.2 Å². The molecule has 1 aliphatic rings. The van der Waals surface area contributed by atoms with Crippen molar-refractivity contribution in [1.29, 1.82) is 0 Å². The third kappa shape index (κ3) is 8.78. The summed E-state index contributed by atoms with van der Waals surface area (Å²) in [5, 5.41) is 5.13. The number of allylic oxidation sites excluding steroid dienone is 1. The molecule has 194 valence electrons. The largest absolute Gasteiger partial charge is 0.462 e. The molecule has 0 aliphatic carbocycles. The van der Waals surface area contributed by atoms with E-state index < -0.39 is 38.1 Å². The van der Waals surface area contributed by atoms with Gasteiger partial charge in [0.25, 0.3) is 0 Å². The van der Waals surface area contributed by atoms with Crippen molar-refractivity contribution in [1.82, 2.24) is 15.3 Å². The molecule has 12 heteroatoms. The van der Waals surface area contributed by atoms with Gasteiger partial charge in [-0.15, -0.1) is 0 Å². The fraction of sp³-hybridized carbons (Fsp3) is 0.522. The number of benzene rings is 1. The quantitative estimate of drug-likeness (QED) is 0.188. The Morgan fingerprint density at radius 2 is 1.94 bits per heavy atom. The summed E-state index contributed by atoms with van der Waals surface area (Å²) < 4.78 is 36.1. The van der Waals surface area contributed by atoms with Gasteiger partial charge in [0.1, 0.15) is 24.3 Å². The first-order chi connectivity index (χ1) is 16.6. The first-order valence-corrected chi connectivity index (χ1v) is 12.9. The maximum atomic E-state index is 13.6. The average Bonchev–Trinajstić information content (AvgIpc) is 3.18. The smallest absolute Gasteiger partial charge is 0.459 e. The summed E-state index contributed by atoms with van der Waals surface area (Å²) in [5.41, 5.74) is 0. The van der Waals surface area contributed by atoms with Crippen LogP contribution in [0.1, 0.15) is 34.1 Å². The van der Waals surface area contributed by atoms with Crippen molar-refractivity contribution in [2.45, 2.75) is 58.6 Å². The summed E-state index contributed by atoms with van der Waals surface area (Å²) in [7, 11) is -2.57. The molecule has 2 N–H and O–H groups in total. The van der Waals surface area contributed by atoms with E-state index in [4.69, 9.17) is 18.5 Å².